The predicted molar refractivity (Wildman–Crippen MR) is 133 cm³/mol. The summed E-state index contributed by atoms with van der Waals surface area (Å²) in [5.74, 6) is -1.79. The van der Waals surface area contributed by atoms with Gasteiger partial charge in [-0.05, 0) is 61.2 Å². The number of amides is 1. The number of ether oxygens (including phenoxy) is 1. The van der Waals surface area contributed by atoms with Crippen LogP contribution in [0.4, 0.5) is 14.5 Å². The third-order valence-corrected chi connectivity index (χ3v) is 6.48. The van der Waals surface area contributed by atoms with Gasteiger partial charge in [-0.2, -0.15) is 0 Å². The maximum atomic E-state index is 14.7. The molecule has 35 heavy (non-hydrogen) atoms. The van der Waals surface area contributed by atoms with Gasteiger partial charge >= 0.3 is 0 Å². The Labute approximate surface area is 208 Å². The molecule has 1 aliphatic heterocycles. The van der Waals surface area contributed by atoms with Crippen molar-refractivity contribution in [3.8, 4) is 0 Å². The van der Waals surface area contributed by atoms with Gasteiger partial charge in [-0.15, -0.1) is 0 Å². The van der Waals surface area contributed by atoms with E-state index in [9.17, 15) is 13.6 Å². The number of morpholine rings is 1. The van der Waals surface area contributed by atoms with E-state index >= 15 is 0 Å². The number of rotatable bonds is 8. The number of nitrogens with one attached hydrogen (secondary N) is 2. The Bertz CT molecular complexity index is 1150. The molecule has 3 atom stereocenters. The minimum Gasteiger partial charge on any atom is -0.375 e. The quantitative estimate of drug-likeness (QED) is 0.430. The molecule has 0 aliphatic carbocycles. The summed E-state index contributed by atoms with van der Waals surface area (Å²) in [7, 11) is 0. The van der Waals surface area contributed by atoms with Crippen molar-refractivity contribution in [1.29, 1.82) is 0 Å². The number of hydrogen-bond donors (Lipinski definition) is 2. The monoisotopic (exact) mass is 499 g/mol. The zero-order valence-electron chi connectivity index (χ0n) is 19.4. The van der Waals surface area contributed by atoms with Crippen molar-refractivity contribution in [1.82, 2.24) is 10.3 Å². The summed E-state index contributed by atoms with van der Waals surface area (Å²) < 4.78 is 35.2. The summed E-state index contributed by atoms with van der Waals surface area (Å²) in [6, 6.07) is 13.4. The Balaban J connectivity index is 1.50. The second-order valence-electron chi connectivity index (χ2n) is 8.82. The van der Waals surface area contributed by atoms with Gasteiger partial charge in [0.05, 0.1) is 18.9 Å². The summed E-state index contributed by atoms with van der Waals surface area (Å²) in [5.41, 5.74) is 1.94. The fraction of sp³-hybridized carbons (Fsp3) is 0.333. The topological polar surface area (TPSA) is 63.2 Å². The molecule has 8 heteroatoms. The van der Waals surface area contributed by atoms with Gasteiger partial charge in [-0.25, -0.2) is 8.78 Å². The van der Waals surface area contributed by atoms with E-state index in [1.807, 2.05) is 0 Å². The predicted octanol–water partition coefficient (Wildman–Crippen LogP) is 5.48. The van der Waals surface area contributed by atoms with E-state index in [4.69, 9.17) is 16.3 Å². The van der Waals surface area contributed by atoms with E-state index in [-0.39, 0.29) is 24.2 Å². The first-order valence-corrected chi connectivity index (χ1v) is 12.1. The molecule has 0 unspecified atom stereocenters. The Morgan fingerprint density at radius 3 is 2.71 bits per heavy atom. The van der Waals surface area contributed by atoms with Gasteiger partial charge in [0.15, 0.2) is 0 Å². The van der Waals surface area contributed by atoms with E-state index < -0.39 is 11.7 Å². The molecule has 1 amide bonds. The van der Waals surface area contributed by atoms with E-state index in [2.05, 4.69) is 22.5 Å². The van der Waals surface area contributed by atoms with Crippen molar-refractivity contribution >= 4 is 23.2 Å². The molecule has 2 heterocycles. The van der Waals surface area contributed by atoms with Crippen LogP contribution in [0.2, 0.25) is 5.02 Å². The lowest BCUT2D eigenvalue weighted by Crippen LogP contribution is -2.44. The zero-order valence-corrected chi connectivity index (χ0v) is 20.2. The first-order chi connectivity index (χ1) is 16.9. The van der Waals surface area contributed by atoms with Crippen molar-refractivity contribution in [2.24, 2.45) is 0 Å². The summed E-state index contributed by atoms with van der Waals surface area (Å²) in [5, 5.41) is 6.75. The first-order valence-electron chi connectivity index (χ1n) is 11.7. The highest BCUT2D eigenvalue weighted by molar-refractivity contribution is 6.30. The van der Waals surface area contributed by atoms with Gasteiger partial charge in [0.1, 0.15) is 11.6 Å². The highest BCUT2D eigenvalue weighted by Gasteiger charge is 2.23. The minimum absolute atomic E-state index is 0.0155. The standard InChI is InChI=1S/C27H28ClF2N3O2/c1-17-16-35-20(14-32-17)9-10-22-24(29)3-2-4-26(22)33-27(34)13-23(18-5-7-19(28)8-6-18)21-11-12-31-15-25(21)30/h2-8,11-12,15,17,20,23,32H,9-10,13-14,16H2,1H3,(H,33,34)/t17-,20-,23+/m1/s1. The summed E-state index contributed by atoms with van der Waals surface area (Å²) in [6.45, 7) is 3.37. The van der Waals surface area contributed by atoms with Crippen LogP contribution in [0, 0.1) is 11.6 Å². The average Bonchev–Trinajstić information content (AvgIpc) is 2.84. The second kappa shape index (κ2) is 11.7. The number of carbonyl (C=O) groups excluding carboxylic acids is 1. The van der Waals surface area contributed by atoms with Gasteiger partial charge in [0.25, 0.3) is 0 Å². The normalized spacial score (nSPS) is 18.7. The Morgan fingerprint density at radius 2 is 2.00 bits per heavy atom. The number of aromatic nitrogens is 1. The van der Waals surface area contributed by atoms with Crippen LogP contribution >= 0.6 is 11.6 Å². The smallest absolute Gasteiger partial charge is 0.225 e. The lowest BCUT2D eigenvalue weighted by molar-refractivity contribution is -0.116. The molecule has 184 valence electrons. The average molecular weight is 500 g/mol. The molecule has 4 rings (SSSR count). The van der Waals surface area contributed by atoms with Crippen molar-refractivity contribution < 1.29 is 18.3 Å². The molecule has 0 radical (unpaired) electrons. The highest BCUT2D eigenvalue weighted by Crippen LogP contribution is 2.31. The second-order valence-corrected chi connectivity index (χ2v) is 9.26. The number of halogens is 3. The van der Waals surface area contributed by atoms with Gasteiger partial charge < -0.3 is 15.4 Å². The van der Waals surface area contributed by atoms with E-state index in [1.165, 1.54) is 12.3 Å². The number of benzene rings is 2. The molecule has 1 aromatic heterocycles. The molecule has 0 saturated carbocycles. The minimum atomic E-state index is -0.559. The Kier molecular flexibility index (Phi) is 8.44. The first kappa shape index (κ1) is 25.2. The molecule has 0 bridgehead atoms. The molecule has 0 spiro atoms. The molecule has 1 fully saturated rings. The summed E-state index contributed by atoms with van der Waals surface area (Å²) >= 11 is 6.02. The molecule has 2 N–H and O–H groups in total. The van der Waals surface area contributed by atoms with Gasteiger partial charge in [-0.3, -0.25) is 9.78 Å². The lowest BCUT2D eigenvalue weighted by atomic mass is 9.88. The van der Waals surface area contributed by atoms with Crippen molar-refractivity contribution in [2.75, 3.05) is 18.5 Å². The SMILES string of the molecule is C[C@@H]1CO[C@H](CCc2c(F)cccc2NC(=O)C[C@@H](c2ccc(Cl)cc2)c2ccncc2F)CN1. The number of carbonyl (C=O) groups is 1. The van der Waals surface area contributed by atoms with Crippen LogP contribution in [0.3, 0.4) is 0 Å². The molecular weight excluding hydrogens is 472 g/mol. The van der Waals surface area contributed by atoms with Crippen molar-refractivity contribution in [3.05, 3.63) is 94.3 Å². The molecule has 1 saturated heterocycles. The third kappa shape index (κ3) is 6.63. The fourth-order valence-corrected chi connectivity index (χ4v) is 4.44. The van der Waals surface area contributed by atoms with Gasteiger partial charge in [0, 0.05) is 47.4 Å². The van der Waals surface area contributed by atoms with Crippen molar-refractivity contribution in [3.63, 3.8) is 0 Å². The molecule has 1 aliphatic rings. The van der Waals surface area contributed by atoms with Crippen LogP contribution in [-0.4, -0.2) is 36.2 Å². The molecule has 2 aromatic carbocycles. The summed E-state index contributed by atoms with van der Waals surface area (Å²) in [4.78, 5) is 16.9. The number of hydrogen-bond acceptors (Lipinski definition) is 4. The highest BCUT2D eigenvalue weighted by atomic mass is 35.5. The summed E-state index contributed by atoms with van der Waals surface area (Å²) in [6.07, 6.45) is 3.61. The number of anilines is 1. The molecule has 3 aromatic rings. The fourth-order valence-electron chi connectivity index (χ4n) is 4.31. The Morgan fingerprint density at radius 1 is 1.20 bits per heavy atom. The van der Waals surface area contributed by atoms with Crippen LogP contribution < -0.4 is 10.6 Å². The molecule has 5 nitrogen and oxygen atoms in total. The van der Waals surface area contributed by atoms with E-state index in [1.54, 1.807) is 42.5 Å². The van der Waals surface area contributed by atoms with Gasteiger partial charge in [-0.1, -0.05) is 29.8 Å². The van der Waals surface area contributed by atoms with Crippen LogP contribution in [0.25, 0.3) is 0 Å². The van der Waals surface area contributed by atoms with Crippen LogP contribution in [0.5, 0.6) is 0 Å². The number of pyridine rings is 1. The maximum absolute atomic E-state index is 14.7. The van der Waals surface area contributed by atoms with Crippen LogP contribution in [0.15, 0.2) is 60.9 Å². The lowest BCUT2D eigenvalue weighted by Gasteiger charge is -2.28. The van der Waals surface area contributed by atoms with Crippen LogP contribution in [-0.2, 0) is 16.0 Å². The van der Waals surface area contributed by atoms with Gasteiger partial charge in [0.2, 0.25) is 5.91 Å². The van der Waals surface area contributed by atoms with E-state index in [0.29, 0.717) is 53.9 Å². The maximum Gasteiger partial charge on any atom is 0.225 e. The van der Waals surface area contributed by atoms with Crippen LogP contribution in [0.1, 0.15) is 42.4 Å². The van der Waals surface area contributed by atoms with E-state index in [0.717, 1.165) is 11.8 Å². The van der Waals surface area contributed by atoms with Crippen molar-refractivity contribution in [2.45, 2.75) is 44.2 Å². The number of nitrogens with zero attached hydrogens (tertiary/aromatic N) is 1. The largest absolute Gasteiger partial charge is 0.375 e. The third-order valence-electron chi connectivity index (χ3n) is 6.23. The Hall–Kier alpha value is -2.87. The zero-order chi connectivity index (χ0) is 24.8. The molecular formula is C27H28ClF2N3O2.